The first-order chi connectivity index (χ1) is 14.5. The number of rotatable bonds is 7. The predicted molar refractivity (Wildman–Crippen MR) is 119 cm³/mol. The number of sulfonamides is 1. The maximum atomic E-state index is 11.9. The topological polar surface area (TPSA) is 84.4 Å². The maximum Gasteiger partial charge on any atom is 0.209 e. The van der Waals surface area contributed by atoms with Crippen LogP contribution in [-0.4, -0.2) is 55.4 Å². The lowest BCUT2D eigenvalue weighted by Gasteiger charge is -2.41. The molecule has 1 aromatic carbocycles. The Balaban J connectivity index is 1.38. The van der Waals surface area contributed by atoms with E-state index < -0.39 is 10.0 Å². The van der Waals surface area contributed by atoms with Gasteiger partial charge in [-0.1, -0.05) is 30.3 Å². The third kappa shape index (κ3) is 5.57. The van der Waals surface area contributed by atoms with Gasteiger partial charge in [0.15, 0.2) is 0 Å². The molecule has 2 atom stereocenters. The van der Waals surface area contributed by atoms with Crippen molar-refractivity contribution in [3.05, 3.63) is 42.2 Å². The second kappa shape index (κ2) is 9.72. The summed E-state index contributed by atoms with van der Waals surface area (Å²) in [6, 6.07) is 10.5. The summed E-state index contributed by atoms with van der Waals surface area (Å²) in [5.74, 6) is 0.610. The summed E-state index contributed by atoms with van der Waals surface area (Å²) in [6.07, 6.45) is 9.04. The number of hydrogen-bond acceptors (Lipinski definition) is 7. The molecule has 0 bridgehead atoms. The van der Waals surface area contributed by atoms with Crippen molar-refractivity contribution in [1.82, 2.24) is 14.1 Å². The molecular weight excluding hydrogens is 420 g/mol. The summed E-state index contributed by atoms with van der Waals surface area (Å²) in [7, 11) is -3.29. The van der Waals surface area contributed by atoms with Gasteiger partial charge >= 0.3 is 0 Å². The van der Waals surface area contributed by atoms with Crippen molar-refractivity contribution in [1.29, 1.82) is 0 Å². The standard InChI is InChI=1S/C21H30N4O3S2/c1-30(26,27)24-19-8-5-13-25(21-22-15-23-29-21)20(19)14-28-18-11-9-17(10-12-18)16-6-3-2-4-7-16/h2-4,6-7,15,17-20,24H,5,8-14H2,1H3/t17?,18?,19-,20?/m0/s1. The highest BCUT2D eigenvalue weighted by Gasteiger charge is 2.35. The molecule has 1 N–H and O–H groups in total. The van der Waals surface area contributed by atoms with Gasteiger partial charge in [-0.2, -0.15) is 4.37 Å². The summed E-state index contributed by atoms with van der Waals surface area (Å²) in [5, 5.41) is 0.830. The van der Waals surface area contributed by atoms with E-state index in [-0.39, 0.29) is 18.2 Å². The number of ether oxygens (including phenoxy) is 1. The Labute approximate surface area is 183 Å². The van der Waals surface area contributed by atoms with Crippen LogP contribution in [0.4, 0.5) is 5.13 Å². The van der Waals surface area contributed by atoms with Gasteiger partial charge < -0.3 is 9.64 Å². The van der Waals surface area contributed by atoms with Crippen LogP contribution in [-0.2, 0) is 14.8 Å². The first-order valence-electron chi connectivity index (χ1n) is 10.7. The Morgan fingerprint density at radius 2 is 1.93 bits per heavy atom. The van der Waals surface area contributed by atoms with Crippen LogP contribution in [0.5, 0.6) is 0 Å². The second-order valence-corrected chi connectivity index (χ2v) is 10.9. The molecule has 7 nitrogen and oxygen atoms in total. The van der Waals surface area contributed by atoms with Crippen molar-refractivity contribution in [3.63, 3.8) is 0 Å². The van der Waals surface area contributed by atoms with Crippen LogP contribution < -0.4 is 9.62 Å². The summed E-state index contributed by atoms with van der Waals surface area (Å²) in [4.78, 5) is 6.53. The molecular formula is C21H30N4O3S2. The van der Waals surface area contributed by atoms with Gasteiger partial charge in [-0.3, -0.25) is 0 Å². The Kier molecular flexibility index (Phi) is 7.02. The second-order valence-electron chi connectivity index (χ2n) is 8.34. The van der Waals surface area contributed by atoms with E-state index in [1.807, 2.05) is 0 Å². The molecule has 9 heteroatoms. The van der Waals surface area contributed by atoms with Crippen molar-refractivity contribution in [2.75, 3.05) is 24.3 Å². The number of nitrogens with one attached hydrogen (secondary N) is 1. The Hall–Kier alpha value is -1.55. The molecule has 1 saturated heterocycles. The molecule has 0 spiro atoms. The van der Waals surface area contributed by atoms with E-state index >= 15 is 0 Å². The van der Waals surface area contributed by atoms with Crippen molar-refractivity contribution in [2.24, 2.45) is 0 Å². The van der Waals surface area contributed by atoms with Gasteiger partial charge in [-0.05, 0) is 50.0 Å². The molecule has 0 amide bonds. The Morgan fingerprint density at radius 1 is 1.17 bits per heavy atom. The van der Waals surface area contributed by atoms with Crippen molar-refractivity contribution in [2.45, 2.75) is 62.6 Å². The van der Waals surface area contributed by atoms with Crippen LogP contribution in [0.15, 0.2) is 36.7 Å². The fraction of sp³-hybridized carbons (Fsp3) is 0.619. The number of nitrogens with zero attached hydrogens (tertiary/aromatic N) is 3. The molecule has 1 aliphatic heterocycles. The van der Waals surface area contributed by atoms with Gasteiger partial charge in [0.25, 0.3) is 0 Å². The molecule has 1 aromatic heterocycles. The normalized spacial score (nSPS) is 27.8. The number of piperidine rings is 1. The first-order valence-corrected chi connectivity index (χ1v) is 13.3. The quantitative estimate of drug-likeness (QED) is 0.698. The summed E-state index contributed by atoms with van der Waals surface area (Å²) >= 11 is 1.34. The molecule has 1 unspecified atom stereocenters. The van der Waals surface area contributed by atoms with Crippen molar-refractivity contribution < 1.29 is 13.2 Å². The highest BCUT2D eigenvalue weighted by Crippen LogP contribution is 2.34. The first kappa shape index (κ1) is 21.7. The highest BCUT2D eigenvalue weighted by atomic mass is 32.2. The van der Waals surface area contributed by atoms with E-state index in [0.29, 0.717) is 12.5 Å². The molecule has 30 heavy (non-hydrogen) atoms. The summed E-state index contributed by atoms with van der Waals surface area (Å²) in [6.45, 7) is 1.33. The number of hydrogen-bond donors (Lipinski definition) is 1. The summed E-state index contributed by atoms with van der Waals surface area (Å²) < 4.78 is 37.1. The zero-order valence-corrected chi connectivity index (χ0v) is 18.9. The van der Waals surface area contributed by atoms with Crippen LogP contribution in [0, 0.1) is 0 Å². The highest BCUT2D eigenvalue weighted by molar-refractivity contribution is 7.88. The van der Waals surface area contributed by atoms with Crippen LogP contribution in [0.1, 0.15) is 50.0 Å². The molecule has 1 saturated carbocycles. The fourth-order valence-corrected chi connectivity index (χ4v) is 6.17. The summed E-state index contributed by atoms with van der Waals surface area (Å²) in [5.41, 5.74) is 1.42. The largest absolute Gasteiger partial charge is 0.376 e. The molecule has 4 rings (SSSR count). The third-order valence-electron chi connectivity index (χ3n) is 6.19. The van der Waals surface area contributed by atoms with Gasteiger partial charge in [-0.15, -0.1) is 0 Å². The fourth-order valence-electron chi connectivity index (χ4n) is 4.73. The van der Waals surface area contributed by atoms with Gasteiger partial charge in [-0.25, -0.2) is 18.1 Å². The molecule has 1 aliphatic carbocycles. The minimum atomic E-state index is -3.29. The molecule has 2 aliphatic rings. The minimum absolute atomic E-state index is 0.0757. The van der Waals surface area contributed by atoms with Gasteiger partial charge in [0.05, 0.1) is 25.0 Å². The predicted octanol–water partition coefficient (Wildman–Crippen LogP) is 3.17. The molecule has 0 radical (unpaired) electrons. The smallest absolute Gasteiger partial charge is 0.209 e. The lowest BCUT2D eigenvalue weighted by atomic mass is 9.83. The zero-order valence-electron chi connectivity index (χ0n) is 17.3. The average molecular weight is 451 g/mol. The minimum Gasteiger partial charge on any atom is -0.376 e. The molecule has 164 valence electrons. The molecule has 2 heterocycles. The van der Waals surface area contributed by atoms with E-state index in [4.69, 9.17) is 4.74 Å². The van der Waals surface area contributed by atoms with E-state index in [2.05, 4.69) is 49.3 Å². The van der Waals surface area contributed by atoms with Crippen LogP contribution in [0.25, 0.3) is 0 Å². The lowest BCUT2D eigenvalue weighted by molar-refractivity contribution is 0.0102. The number of aromatic nitrogens is 2. The van der Waals surface area contributed by atoms with Crippen molar-refractivity contribution in [3.8, 4) is 0 Å². The lowest BCUT2D eigenvalue weighted by Crippen LogP contribution is -2.57. The van der Waals surface area contributed by atoms with Gasteiger partial charge in [0.1, 0.15) is 6.33 Å². The van der Waals surface area contributed by atoms with Crippen molar-refractivity contribution >= 4 is 26.7 Å². The molecule has 2 aromatic rings. The van der Waals surface area contributed by atoms with E-state index in [0.717, 1.165) is 50.2 Å². The number of anilines is 1. The monoisotopic (exact) mass is 450 g/mol. The van der Waals surface area contributed by atoms with Crippen LogP contribution >= 0.6 is 11.5 Å². The Bertz CT molecular complexity index is 884. The van der Waals surface area contributed by atoms with E-state index in [1.165, 1.54) is 23.4 Å². The average Bonchev–Trinajstić information content (AvgIpc) is 3.27. The maximum absolute atomic E-state index is 11.9. The van der Waals surface area contributed by atoms with Gasteiger partial charge in [0.2, 0.25) is 15.2 Å². The zero-order chi connectivity index (χ0) is 21.0. The SMILES string of the molecule is CS(=O)(=O)N[C@H]1CCCN(c2ncns2)C1COC1CCC(c2ccccc2)CC1. The van der Waals surface area contributed by atoms with Crippen LogP contribution in [0.2, 0.25) is 0 Å². The van der Waals surface area contributed by atoms with Gasteiger partial charge in [0, 0.05) is 24.1 Å². The van der Waals surface area contributed by atoms with E-state index in [1.54, 1.807) is 6.33 Å². The molecule has 2 fully saturated rings. The number of benzene rings is 1. The van der Waals surface area contributed by atoms with E-state index in [9.17, 15) is 8.42 Å². The van der Waals surface area contributed by atoms with Crippen LogP contribution in [0.3, 0.4) is 0 Å². The third-order valence-corrected chi connectivity index (χ3v) is 7.62. The Morgan fingerprint density at radius 3 is 2.60 bits per heavy atom.